The highest BCUT2D eigenvalue weighted by molar-refractivity contribution is 6.30. The number of benzene rings is 1. The summed E-state index contributed by atoms with van der Waals surface area (Å²) in [7, 11) is 0. The molecule has 4 heteroatoms. The zero-order valence-corrected chi connectivity index (χ0v) is 9.20. The molecule has 1 atom stereocenters. The topological polar surface area (TPSA) is 46.5 Å². The molecular weight excluding hydrogens is 216 g/mol. The molecule has 0 radical (unpaired) electrons. The van der Waals surface area contributed by atoms with Crippen molar-refractivity contribution in [1.29, 1.82) is 0 Å². The predicted octanol–water partition coefficient (Wildman–Crippen LogP) is 1.98. The Labute approximate surface area is 93.6 Å². The predicted molar refractivity (Wildman–Crippen MR) is 57.9 cm³/mol. The Morgan fingerprint density at radius 2 is 2.33 bits per heavy atom. The van der Waals surface area contributed by atoms with E-state index < -0.39 is 0 Å². The molecule has 15 heavy (non-hydrogen) atoms. The third-order valence-electron chi connectivity index (χ3n) is 2.03. The van der Waals surface area contributed by atoms with Crippen LogP contribution in [-0.2, 0) is 9.53 Å². The maximum absolute atomic E-state index is 10.6. The van der Waals surface area contributed by atoms with Crippen LogP contribution in [0, 0.1) is 0 Å². The summed E-state index contributed by atoms with van der Waals surface area (Å²) in [5, 5.41) is 9.75. The maximum Gasteiger partial charge on any atom is 0.302 e. The molecule has 0 bridgehead atoms. The van der Waals surface area contributed by atoms with Crippen LogP contribution in [0.3, 0.4) is 0 Å². The molecule has 1 unspecified atom stereocenters. The van der Waals surface area contributed by atoms with Gasteiger partial charge >= 0.3 is 5.97 Å². The molecule has 0 fully saturated rings. The van der Waals surface area contributed by atoms with Crippen LogP contribution in [0.2, 0.25) is 5.02 Å². The zero-order valence-electron chi connectivity index (χ0n) is 8.44. The fraction of sp³-hybridized carbons (Fsp3) is 0.364. The van der Waals surface area contributed by atoms with E-state index in [2.05, 4.69) is 0 Å². The van der Waals surface area contributed by atoms with E-state index in [1.54, 1.807) is 18.2 Å². The van der Waals surface area contributed by atoms with Gasteiger partial charge in [0, 0.05) is 17.9 Å². The lowest BCUT2D eigenvalue weighted by atomic mass is 10.0. The van der Waals surface area contributed by atoms with E-state index in [-0.39, 0.29) is 25.1 Å². The number of ether oxygens (including phenoxy) is 1. The van der Waals surface area contributed by atoms with E-state index >= 15 is 0 Å². The van der Waals surface area contributed by atoms with Crippen LogP contribution in [0.5, 0.6) is 0 Å². The molecule has 1 aromatic carbocycles. The smallest absolute Gasteiger partial charge is 0.302 e. The van der Waals surface area contributed by atoms with Crippen LogP contribution >= 0.6 is 11.6 Å². The van der Waals surface area contributed by atoms with Crippen molar-refractivity contribution in [1.82, 2.24) is 0 Å². The van der Waals surface area contributed by atoms with Crippen LogP contribution < -0.4 is 0 Å². The average Bonchev–Trinajstić information content (AvgIpc) is 2.18. The first kappa shape index (κ1) is 12.0. The third-order valence-corrected chi connectivity index (χ3v) is 2.26. The van der Waals surface area contributed by atoms with Gasteiger partial charge in [-0.1, -0.05) is 23.7 Å². The molecule has 0 saturated heterocycles. The summed E-state index contributed by atoms with van der Waals surface area (Å²) in [4.78, 5) is 10.6. The van der Waals surface area contributed by atoms with E-state index in [0.717, 1.165) is 5.56 Å². The Hall–Kier alpha value is -1.06. The van der Waals surface area contributed by atoms with Crippen molar-refractivity contribution in [3.63, 3.8) is 0 Å². The molecule has 0 aliphatic heterocycles. The molecule has 0 aromatic heterocycles. The molecule has 1 N–H and O–H groups in total. The van der Waals surface area contributed by atoms with E-state index in [4.69, 9.17) is 21.4 Å². The first-order valence-electron chi connectivity index (χ1n) is 4.63. The molecular formula is C11H13ClO3. The second-order valence-electron chi connectivity index (χ2n) is 3.24. The molecule has 0 aliphatic rings. The maximum atomic E-state index is 10.6. The van der Waals surface area contributed by atoms with Crippen molar-refractivity contribution in [3.8, 4) is 0 Å². The van der Waals surface area contributed by atoms with Gasteiger partial charge in [0.1, 0.15) is 6.61 Å². The average molecular weight is 229 g/mol. The molecule has 82 valence electrons. The number of hydrogen-bond acceptors (Lipinski definition) is 3. The largest absolute Gasteiger partial charge is 0.465 e. The first-order chi connectivity index (χ1) is 7.13. The van der Waals surface area contributed by atoms with E-state index in [1.165, 1.54) is 6.92 Å². The summed E-state index contributed by atoms with van der Waals surface area (Å²) in [6.45, 7) is 1.44. The number of aliphatic hydroxyl groups is 1. The lowest BCUT2D eigenvalue weighted by Gasteiger charge is -2.14. The molecule has 1 rings (SSSR count). The number of esters is 1. The number of aliphatic hydroxyl groups excluding tert-OH is 1. The third kappa shape index (κ3) is 3.90. The summed E-state index contributed by atoms with van der Waals surface area (Å²) in [6.07, 6.45) is 0. The highest BCUT2D eigenvalue weighted by Gasteiger charge is 2.12. The number of rotatable bonds is 4. The lowest BCUT2D eigenvalue weighted by Crippen LogP contribution is -2.14. The van der Waals surface area contributed by atoms with Gasteiger partial charge in [0.15, 0.2) is 0 Å². The van der Waals surface area contributed by atoms with Crippen molar-refractivity contribution in [2.75, 3.05) is 13.2 Å². The fourth-order valence-corrected chi connectivity index (χ4v) is 1.43. The Balaban J connectivity index is 2.69. The minimum atomic E-state index is -0.351. The molecule has 0 aliphatic carbocycles. The Morgan fingerprint density at radius 1 is 1.60 bits per heavy atom. The quantitative estimate of drug-likeness (QED) is 0.802. The van der Waals surface area contributed by atoms with Gasteiger partial charge in [-0.15, -0.1) is 0 Å². The van der Waals surface area contributed by atoms with E-state index in [0.29, 0.717) is 5.02 Å². The van der Waals surface area contributed by atoms with Crippen molar-refractivity contribution in [2.45, 2.75) is 12.8 Å². The van der Waals surface area contributed by atoms with Gasteiger partial charge in [-0.05, 0) is 17.7 Å². The number of carbonyl (C=O) groups is 1. The van der Waals surface area contributed by atoms with Crippen molar-refractivity contribution in [2.24, 2.45) is 0 Å². The second kappa shape index (κ2) is 5.73. The normalized spacial score (nSPS) is 12.2. The summed E-state index contributed by atoms with van der Waals surface area (Å²) in [5.41, 5.74) is 0.867. The highest BCUT2D eigenvalue weighted by atomic mass is 35.5. The van der Waals surface area contributed by atoms with Gasteiger partial charge in [0.2, 0.25) is 0 Å². The standard InChI is InChI=1S/C11H13ClO3/c1-8(14)15-7-10(6-13)9-3-2-4-11(12)5-9/h2-5,10,13H,6-7H2,1H3. The summed E-state index contributed by atoms with van der Waals surface area (Å²) in [5.74, 6) is -0.567. The van der Waals surface area contributed by atoms with Crippen molar-refractivity contribution in [3.05, 3.63) is 34.9 Å². The Morgan fingerprint density at radius 3 is 2.87 bits per heavy atom. The van der Waals surface area contributed by atoms with Crippen LogP contribution in [0.1, 0.15) is 18.4 Å². The first-order valence-corrected chi connectivity index (χ1v) is 5.01. The Kier molecular flexibility index (Phi) is 4.59. The SMILES string of the molecule is CC(=O)OCC(CO)c1cccc(Cl)c1. The highest BCUT2D eigenvalue weighted by Crippen LogP contribution is 2.19. The van der Waals surface area contributed by atoms with Gasteiger partial charge in [0.25, 0.3) is 0 Å². The van der Waals surface area contributed by atoms with Crippen molar-refractivity contribution >= 4 is 17.6 Å². The van der Waals surface area contributed by atoms with Gasteiger partial charge in [-0.3, -0.25) is 4.79 Å². The molecule has 0 saturated carbocycles. The van der Waals surface area contributed by atoms with Crippen LogP contribution in [-0.4, -0.2) is 24.3 Å². The number of halogens is 1. The monoisotopic (exact) mass is 228 g/mol. The van der Waals surface area contributed by atoms with Gasteiger partial charge < -0.3 is 9.84 Å². The summed E-state index contributed by atoms with van der Waals surface area (Å²) >= 11 is 5.82. The summed E-state index contributed by atoms with van der Waals surface area (Å²) in [6, 6.07) is 7.15. The zero-order chi connectivity index (χ0) is 11.3. The van der Waals surface area contributed by atoms with E-state index in [1.807, 2.05) is 6.07 Å². The molecule has 0 heterocycles. The second-order valence-corrected chi connectivity index (χ2v) is 3.67. The lowest BCUT2D eigenvalue weighted by molar-refractivity contribution is -0.141. The number of carbonyl (C=O) groups excluding carboxylic acids is 1. The number of hydrogen-bond donors (Lipinski definition) is 1. The van der Waals surface area contributed by atoms with Gasteiger partial charge in [-0.2, -0.15) is 0 Å². The minimum Gasteiger partial charge on any atom is -0.465 e. The minimum absolute atomic E-state index is 0.0758. The van der Waals surface area contributed by atoms with Crippen LogP contribution in [0.25, 0.3) is 0 Å². The van der Waals surface area contributed by atoms with E-state index in [9.17, 15) is 4.79 Å². The van der Waals surface area contributed by atoms with Gasteiger partial charge in [-0.25, -0.2) is 0 Å². The fourth-order valence-electron chi connectivity index (χ4n) is 1.23. The summed E-state index contributed by atoms with van der Waals surface area (Å²) < 4.78 is 4.85. The molecule has 0 spiro atoms. The molecule has 1 aromatic rings. The van der Waals surface area contributed by atoms with Crippen LogP contribution in [0.15, 0.2) is 24.3 Å². The molecule has 3 nitrogen and oxygen atoms in total. The van der Waals surface area contributed by atoms with Crippen molar-refractivity contribution < 1.29 is 14.6 Å². The van der Waals surface area contributed by atoms with Gasteiger partial charge in [0.05, 0.1) is 6.61 Å². The molecule has 0 amide bonds. The van der Waals surface area contributed by atoms with Crippen LogP contribution in [0.4, 0.5) is 0 Å². The Bertz CT molecular complexity index is 338.